The lowest BCUT2D eigenvalue weighted by Gasteiger charge is -2.22. The number of unbranched alkanes of at least 4 members (excludes halogenated alkanes) is 4. The molecule has 0 aromatic heterocycles. The number of halogens is 2. The first-order valence-electron chi connectivity index (χ1n) is 12.5. The number of hydrogen-bond donors (Lipinski definition) is 1. The quantitative estimate of drug-likeness (QED) is 0.243. The second kappa shape index (κ2) is 16.8. The van der Waals surface area contributed by atoms with Gasteiger partial charge in [0.15, 0.2) is 0 Å². The van der Waals surface area contributed by atoms with Crippen LogP contribution >= 0.6 is 0 Å². The summed E-state index contributed by atoms with van der Waals surface area (Å²) >= 11 is 0. The highest BCUT2D eigenvalue weighted by Gasteiger charge is 2.18. The molecule has 1 N–H and O–H groups in total. The average molecular weight is 505 g/mol. The van der Waals surface area contributed by atoms with E-state index < -0.39 is 11.6 Å². The molecule has 0 spiro atoms. The number of benzene rings is 2. The monoisotopic (exact) mass is 504 g/mol. The summed E-state index contributed by atoms with van der Waals surface area (Å²) in [5.41, 5.74) is 1.14. The Morgan fingerprint density at radius 2 is 1.67 bits per heavy atom. The summed E-state index contributed by atoms with van der Waals surface area (Å²) in [5, 5.41) is 2.96. The van der Waals surface area contributed by atoms with E-state index in [0.29, 0.717) is 19.6 Å². The number of esters is 1. The Morgan fingerprint density at radius 3 is 2.42 bits per heavy atom. The van der Waals surface area contributed by atoms with Crippen molar-refractivity contribution < 1.29 is 27.8 Å². The molecule has 0 fully saturated rings. The van der Waals surface area contributed by atoms with E-state index in [9.17, 15) is 18.4 Å². The van der Waals surface area contributed by atoms with E-state index in [4.69, 9.17) is 9.47 Å². The molecule has 36 heavy (non-hydrogen) atoms. The summed E-state index contributed by atoms with van der Waals surface area (Å²) in [6.45, 7) is 1.29. The Labute approximate surface area is 213 Å². The lowest BCUT2D eigenvalue weighted by atomic mass is 10.1. The van der Waals surface area contributed by atoms with Gasteiger partial charge in [0.25, 0.3) is 0 Å². The molecule has 2 aromatic carbocycles. The molecule has 0 radical (unpaired) electrons. The van der Waals surface area contributed by atoms with Crippen LogP contribution in [0.1, 0.15) is 56.1 Å². The fraction of sp³-hybridized carbons (Fsp3) is 0.500. The number of rotatable bonds is 17. The number of likely N-dealkylation sites (N-methyl/N-ethyl adjacent to an activating group) is 1. The molecule has 1 atom stereocenters. The Kier molecular flexibility index (Phi) is 13.7. The van der Waals surface area contributed by atoms with E-state index in [1.807, 2.05) is 49.3 Å². The Balaban J connectivity index is 1.56. The third-order valence-corrected chi connectivity index (χ3v) is 5.56. The maximum Gasteiger partial charge on any atom is 0.308 e. The molecule has 8 heteroatoms. The number of amides is 1. The van der Waals surface area contributed by atoms with Crippen molar-refractivity contribution in [2.24, 2.45) is 0 Å². The number of hydrogen-bond acceptors (Lipinski definition) is 5. The molecule has 0 saturated carbocycles. The first-order valence-corrected chi connectivity index (χ1v) is 12.5. The molecule has 1 unspecified atom stereocenters. The summed E-state index contributed by atoms with van der Waals surface area (Å²) < 4.78 is 37.5. The lowest BCUT2D eigenvalue weighted by molar-refractivity contribution is -0.145. The molecular formula is C28H38F2N2O4. The van der Waals surface area contributed by atoms with Gasteiger partial charge in [-0.1, -0.05) is 49.6 Å². The third-order valence-electron chi connectivity index (χ3n) is 5.56. The van der Waals surface area contributed by atoms with Crippen LogP contribution in [0.25, 0.3) is 0 Å². The second-order valence-corrected chi connectivity index (χ2v) is 9.18. The van der Waals surface area contributed by atoms with Crippen LogP contribution in [0, 0.1) is 11.6 Å². The molecule has 1 amide bonds. The molecule has 0 aliphatic rings. The number of nitrogens with zero attached hydrogens (tertiary/aromatic N) is 1. The Morgan fingerprint density at radius 1 is 0.944 bits per heavy atom. The topological polar surface area (TPSA) is 67.9 Å². The first kappa shape index (κ1) is 29.4. The van der Waals surface area contributed by atoms with Crippen molar-refractivity contribution in [3.05, 3.63) is 71.3 Å². The van der Waals surface area contributed by atoms with E-state index in [0.717, 1.165) is 55.9 Å². The van der Waals surface area contributed by atoms with Crippen LogP contribution in [-0.2, 0) is 32.3 Å². The Hall–Kier alpha value is -2.84. The summed E-state index contributed by atoms with van der Waals surface area (Å²) in [7, 11) is 3.79. The van der Waals surface area contributed by atoms with Crippen molar-refractivity contribution in [2.75, 3.05) is 27.2 Å². The van der Waals surface area contributed by atoms with Gasteiger partial charge in [-0.2, -0.15) is 0 Å². The predicted molar refractivity (Wildman–Crippen MR) is 135 cm³/mol. The molecule has 6 nitrogen and oxygen atoms in total. The minimum absolute atomic E-state index is 0.0533. The standard InChI is InChI=1S/C28H38F2N2O4/c1-32(2)19-25(18-28(34)36-20-22-11-7-6-8-12-22)31-27(33)13-9-4-3-5-10-16-35-21-23-17-24(29)14-15-26(23)30/h6-8,11-12,14-15,17,25H,3-5,9-10,13,16,18-21H2,1-2H3,(H,31,33). The van der Waals surface area contributed by atoms with Crippen molar-refractivity contribution in [3.63, 3.8) is 0 Å². The van der Waals surface area contributed by atoms with Gasteiger partial charge in [0.05, 0.1) is 19.1 Å². The normalized spacial score (nSPS) is 11.9. The SMILES string of the molecule is CN(C)CC(CC(=O)OCc1ccccc1)NC(=O)CCCCCCCOCc1cc(F)ccc1F. The molecule has 2 rings (SSSR count). The molecule has 0 aliphatic heterocycles. The van der Waals surface area contributed by atoms with Crippen molar-refractivity contribution in [3.8, 4) is 0 Å². The zero-order chi connectivity index (χ0) is 26.2. The highest BCUT2D eigenvalue weighted by atomic mass is 19.1. The van der Waals surface area contributed by atoms with Gasteiger partial charge in [0.2, 0.25) is 5.91 Å². The highest BCUT2D eigenvalue weighted by molar-refractivity contribution is 5.77. The smallest absolute Gasteiger partial charge is 0.308 e. The van der Waals surface area contributed by atoms with Gasteiger partial charge in [-0.3, -0.25) is 9.59 Å². The van der Waals surface area contributed by atoms with Gasteiger partial charge in [0.1, 0.15) is 18.2 Å². The van der Waals surface area contributed by atoms with E-state index in [1.165, 1.54) is 0 Å². The minimum atomic E-state index is -0.477. The predicted octanol–water partition coefficient (Wildman–Crippen LogP) is 5.00. The average Bonchev–Trinajstić information content (AvgIpc) is 2.84. The van der Waals surface area contributed by atoms with E-state index in [-0.39, 0.29) is 43.1 Å². The van der Waals surface area contributed by atoms with Gasteiger partial charge in [-0.25, -0.2) is 8.78 Å². The summed E-state index contributed by atoms with van der Waals surface area (Å²) in [6, 6.07) is 12.5. The van der Waals surface area contributed by atoms with Crippen LogP contribution < -0.4 is 5.32 Å². The van der Waals surface area contributed by atoms with Crippen molar-refractivity contribution in [1.29, 1.82) is 0 Å². The van der Waals surface area contributed by atoms with Gasteiger partial charge in [-0.05, 0) is 50.7 Å². The number of nitrogens with one attached hydrogen (secondary N) is 1. The first-order chi connectivity index (χ1) is 17.3. The maximum atomic E-state index is 13.5. The zero-order valence-electron chi connectivity index (χ0n) is 21.3. The lowest BCUT2D eigenvalue weighted by Crippen LogP contribution is -2.43. The number of carbonyl (C=O) groups excluding carboxylic acids is 2. The van der Waals surface area contributed by atoms with Crippen LogP contribution in [0.4, 0.5) is 8.78 Å². The van der Waals surface area contributed by atoms with Crippen LogP contribution in [0.15, 0.2) is 48.5 Å². The second-order valence-electron chi connectivity index (χ2n) is 9.18. The van der Waals surface area contributed by atoms with E-state index in [1.54, 1.807) is 0 Å². The molecule has 0 aliphatic carbocycles. The highest BCUT2D eigenvalue weighted by Crippen LogP contribution is 2.12. The zero-order valence-corrected chi connectivity index (χ0v) is 21.3. The number of ether oxygens (including phenoxy) is 2. The van der Waals surface area contributed by atoms with Gasteiger partial charge >= 0.3 is 5.97 Å². The van der Waals surface area contributed by atoms with Crippen LogP contribution in [-0.4, -0.2) is 50.1 Å². The Bertz CT molecular complexity index is 925. The van der Waals surface area contributed by atoms with Gasteiger partial charge < -0.3 is 19.7 Å². The molecule has 2 aromatic rings. The molecule has 0 bridgehead atoms. The van der Waals surface area contributed by atoms with Crippen molar-refractivity contribution in [2.45, 2.75) is 64.2 Å². The van der Waals surface area contributed by atoms with Crippen molar-refractivity contribution >= 4 is 11.9 Å². The summed E-state index contributed by atoms with van der Waals surface area (Å²) in [5.74, 6) is -1.35. The fourth-order valence-electron chi connectivity index (χ4n) is 3.76. The summed E-state index contributed by atoms with van der Waals surface area (Å²) in [6.07, 6.45) is 4.90. The third kappa shape index (κ3) is 12.7. The van der Waals surface area contributed by atoms with Gasteiger partial charge in [-0.15, -0.1) is 0 Å². The maximum absolute atomic E-state index is 13.5. The molecule has 0 saturated heterocycles. The minimum Gasteiger partial charge on any atom is -0.461 e. The van der Waals surface area contributed by atoms with Crippen LogP contribution in [0.3, 0.4) is 0 Å². The van der Waals surface area contributed by atoms with Gasteiger partial charge in [0, 0.05) is 25.1 Å². The fourth-order valence-corrected chi connectivity index (χ4v) is 3.76. The molecule has 198 valence electrons. The van der Waals surface area contributed by atoms with Crippen LogP contribution in [0.2, 0.25) is 0 Å². The van der Waals surface area contributed by atoms with E-state index in [2.05, 4.69) is 5.32 Å². The van der Waals surface area contributed by atoms with E-state index >= 15 is 0 Å². The number of carbonyl (C=O) groups is 2. The van der Waals surface area contributed by atoms with Crippen LogP contribution in [0.5, 0.6) is 0 Å². The largest absolute Gasteiger partial charge is 0.461 e. The molecular weight excluding hydrogens is 466 g/mol. The van der Waals surface area contributed by atoms with Crippen molar-refractivity contribution in [1.82, 2.24) is 10.2 Å². The molecule has 0 heterocycles. The summed E-state index contributed by atoms with van der Waals surface area (Å²) in [4.78, 5) is 26.6.